The van der Waals surface area contributed by atoms with E-state index in [1.54, 1.807) is 4.90 Å². The third-order valence-electron chi connectivity index (χ3n) is 5.79. The van der Waals surface area contributed by atoms with Crippen LogP contribution in [0.4, 0.5) is 0 Å². The van der Waals surface area contributed by atoms with Crippen LogP contribution in [0.1, 0.15) is 41.5 Å². The summed E-state index contributed by atoms with van der Waals surface area (Å²) >= 11 is 0. The summed E-state index contributed by atoms with van der Waals surface area (Å²) < 4.78 is 0. The Morgan fingerprint density at radius 3 is 2.61 bits per heavy atom. The number of hydrogen-bond acceptors (Lipinski definition) is 3. The predicted octanol–water partition coefficient (Wildman–Crippen LogP) is 3.63. The Labute approximate surface area is 182 Å². The normalized spacial score (nSPS) is 16.8. The van der Waals surface area contributed by atoms with Crippen molar-refractivity contribution in [1.82, 2.24) is 20.4 Å². The van der Waals surface area contributed by atoms with E-state index in [4.69, 9.17) is 0 Å². The van der Waals surface area contributed by atoms with Crippen molar-refractivity contribution in [3.63, 3.8) is 0 Å². The van der Waals surface area contributed by atoms with Crippen molar-refractivity contribution in [3.8, 4) is 11.1 Å². The summed E-state index contributed by atoms with van der Waals surface area (Å²) in [5, 5.41) is 10.1. The molecule has 1 fully saturated rings. The lowest BCUT2D eigenvalue weighted by molar-refractivity contribution is -0.124. The fourth-order valence-electron chi connectivity index (χ4n) is 4.01. The smallest absolute Gasteiger partial charge is 0.274 e. The molecular formula is C25H28N4O2. The van der Waals surface area contributed by atoms with Gasteiger partial charge in [-0.05, 0) is 35.1 Å². The summed E-state index contributed by atoms with van der Waals surface area (Å²) in [6.45, 7) is 5.40. The quantitative estimate of drug-likeness (QED) is 0.667. The highest BCUT2D eigenvalue weighted by atomic mass is 16.2. The van der Waals surface area contributed by atoms with Crippen LogP contribution in [-0.2, 0) is 11.2 Å². The Morgan fingerprint density at radius 1 is 1.13 bits per heavy atom. The van der Waals surface area contributed by atoms with Crippen molar-refractivity contribution in [2.75, 3.05) is 19.6 Å². The summed E-state index contributed by atoms with van der Waals surface area (Å²) in [6, 6.07) is 20.1. The summed E-state index contributed by atoms with van der Waals surface area (Å²) in [4.78, 5) is 27.6. The molecule has 1 atom stereocenters. The van der Waals surface area contributed by atoms with Crippen LogP contribution in [0.25, 0.3) is 11.1 Å². The zero-order valence-electron chi connectivity index (χ0n) is 18.0. The minimum Gasteiger partial charge on any atom is -0.354 e. The molecule has 31 heavy (non-hydrogen) atoms. The van der Waals surface area contributed by atoms with Crippen LogP contribution in [-0.4, -0.2) is 46.5 Å². The van der Waals surface area contributed by atoms with Crippen molar-refractivity contribution >= 4 is 11.8 Å². The highest BCUT2D eigenvalue weighted by molar-refractivity contribution is 5.93. The van der Waals surface area contributed by atoms with Gasteiger partial charge in [0.1, 0.15) is 5.69 Å². The zero-order chi connectivity index (χ0) is 21.8. The zero-order valence-corrected chi connectivity index (χ0v) is 18.0. The molecule has 1 aliphatic rings. The number of carbonyl (C=O) groups is 2. The van der Waals surface area contributed by atoms with E-state index in [1.165, 1.54) is 0 Å². The molecule has 1 saturated heterocycles. The average Bonchev–Trinajstić information content (AvgIpc) is 3.21. The number of aromatic nitrogens is 2. The SMILES string of the molecule is CC(C)c1cc(C(=O)N2CCNC(=O)C(Cc3ccccc3-c3ccccc3)C2)n[nH]1. The lowest BCUT2D eigenvalue weighted by Gasteiger charge is -2.23. The van der Waals surface area contributed by atoms with Crippen LogP contribution < -0.4 is 5.32 Å². The molecule has 0 radical (unpaired) electrons. The number of nitrogens with zero attached hydrogens (tertiary/aromatic N) is 2. The van der Waals surface area contributed by atoms with Gasteiger partial charge < -0.3 is 10.2 Å². The van der Waals surface area contributed by atoms with Crippen LogP contribution in [0.15, 0.2) is 60.7 Å². The lowest BCUT2D eigenvalue weighted by atomic mass is 9.91. The Balaban J connectivity index is 1.56. The van der Waals surface area contributed by atoms with Gasteiger partial charge in [0.25, 0.3) is 5.91 Å². The largest absolute Gasteiger partial charge is 0.354 e. The maximum absolute atomic E-state index is 13.1. The molecule has 0 saturated carbocycles. The fraction of sp³-hybridized carbons (Fsp3) is 0.320. The van der Waals surface area contributed by atoms with Gasteiger partial charge in [0.2, 0.25) is 5.91 Å². The van der Waals surface area contributed by atoms with E-state index in [2.05, 4.69) is 53.6 Å². The maximum Gasteiger partial charge on any atom is 0.274 e. The first-order chi connectivity index (χ1) is 15.0. The molecule has 2 aromatic carbocycles. The molecule has 3 aromatic rings. The molecule has 0 aliphatic carbocycles. The molecule has 1 aliphatic heterocycles. The van der Waals surface area contributed by atoms with E-state index in [1.807, 2.05) is 36.4 Å². The van der Waals surface area contributed by atoms with Gasteiger partial charge in [0.15, 0.2) is 0 Å². The molecule has 2 amide bonds. The monoisotopic (exact) mass is 416 g/mol. The van der Waals surface area contributed by atoms with Crippen LogP contribution in [0.5, 0.6) is 0 Å². The number of rotatable bonds is 5. The lowest BCUT2D eigenvalue weighted by Crippen LogP contribution is -2.37. The van der Waals surface area contributed by atoms with Gasteiger partial charge in [-0.1, -0.05) is 68.4 Å². The van der Waals surface area contributed by atoms with Crippen molar-refractivity contribution in [2.24, 2.45) is 5.92 Å². The molecule has 4 rings (SSSR count). The van der Waals surface area contributed by atoms with Crippen LogP contribution in [0.2, 0.25) is 0 Å². The second-order valence-electron chi connectivity index (χ2n) is 8.33. The molecule has 0 bridgehead atoms. The van der Waals surface area contributed by atoms with Gasteiger partial charge >= 0.3 is 0 Å². The number of H-pyrrole nitrogens is 1. The standard InChI is InChI=1S/C25H28N4O2/c1-17(2)22-15-23(28-27-22)25(31)29-13-12-26-24(30)20(16-29)14-19-10-6-7-11-21(19)18-8-4-3-5-9-18/h3-11,15,17,20H,12-14,16H2,1-2H3,(H,26,30)(H,27,28). The Kier molecular flexibility index (Phi) is 6.16. The first kappa shape index (κ1) is 20.8. The molecule has 1 unspecified atom stereocenters. The number of hydrogen-bond donors (Lipinski definition) is 2. The third kappa shape index (κ3) is 4.68. The van der Waals surface area contributed by atoms with E-state index in [-0.39, 0.29) is 23.7 Å². The molecule has 0 spiro atoms. The van der Waals surface area contributed by atoms with Crippen LogP contribution >= 0.6 is 0 Å². The molecule has 160 valence electrons. The maximum atomic E-state index is 13.1. The Bertz CT molecular complexity index is 1060. The van der Waals surface area contributed by atoms with Gasteiger partial charge in [-0.15, -0.1) is 0 Å². The molecule has 6 heteroatoms. The second-order valence-corrected chi connectivity index (χ2v) is 8.33. The van der Waals surface area contributed by atoms with Crippen LogP contribution in [0.3, 0.4) is 0 Å². The Hall–Kier alpha value is -3.41. The van der Waals surface area contributed by atoms with Gasteiger partial charge in [-0.25, -0.2) is 0 Å². The number of carbonyl (C=O) groups excluding carboxylic acids is 2. The van der Waals surface area contributed by atoms with Crippen molar-refractivity contribution < 1.29 is 9.59 Å². The summed E-state index contributed by atoms with van der Waals surface area (Å²) in [5.74, 6) is -0.201. The number of nitrogens with one attached hydrogen (secondary N) is 2. The fourth-order valence-corrected chi connectivity index (χ4v) is 4.01. The van der Waals surface area contributed by atoms with Gasteiger partial charge in [0.05, 0.1) is 5.92 Å². The highest BCUT2D eigenvalue weighted by Crippen LogP contribution is 2.26. The number of amides is 2. The first-order valence-electron chi connectivity index (χ1n) is 10.8. The summed E-state index contributed by atoms with van der Waals surface area (Å²) in [7, 11) is 0. The average molecular weight is 417 g/mol. The second kappa shape index (κ2) is 9.16. The van der Waals surface area contributed by atoms with Crippen LogP contribution in [0, 0.1) is 5.92 Å². The van der Waals surface area contributed by atoms with Crippen molar-refractivity contribution in [1.29, 1.82) is 0 Å². The minimum absolute atomic E-state index is 0.0111. The minimum atomic E-state index is -0.320. The molecule has 1 aromatic heterocycles. The van der Waals surface area contributed by atoms with E-state index in [0.29, 0.717) is 31.7 Å². The van der Waals surface area contributed by atoms with Gasteiger partial charge in [-0.2, -0.15) is 5.10 Å². The molecule has 6 nitrogen and oxygen atoms in total. The van der Waals surface area contributed by atoms with Gasteiger partial charge in [0, 0.05) is 25.3 Å². The van der Waals surface area contributed by atoms with E-state index < -0.39 is 0 Å². The van der Waals surface area contributed by atoms with Gasteiger partial charge in [-0.3, -0.25) is 14.7 Å². The third-order valence-corrected chi connectivity index (χ3v) is 5.79. The van der Waals surface area contributed by atoms with Crippen molar-refractivity contribution in [3.05, 3.63) is 77.6 Å². The van der Waals surface area contributed by atoms with Crippen molar-refractivity contribution in [2.45, 2.75) is 26.2 Å². The molecule has 2 N–H and O–H groups in total. The topological polar surface area (TPSA) is 78.1 Å². The molecular weight excluding hydrogens is 388 g/mol. The predicted molar refractivity (Wildman–Crippen MR) is 121 cm³/mol. The summed E-state index contributed by atoms with van der Waals surface area (Å²) in [5.41, 5.74) is 4.68. The summed E-state index contributed by atoms with van der Waals surface area (Å²) in [6.07, 6.45) is 0.568. The van der Waals surface area contributed by atoms with E-state index in [0.717, 1.165) is 22.4 Å². The number of aromatic amines is 1. The molecule has 2 heterocycles. The van der Waals surface area contributed by atoms with E-state index >= 15 is 0 Å². The Morgan fingerprint density at radius 2 is 1.87 bits per heavy atom. The van der Waals surface area contributed by atoms with E-state index in [9.17, 15) is 9.59 Å². The number of benzene rings is 2. The first-order valence-corrected chi connectivity index (χ1v) is 10.8. The highest BCUT2D eigenvalue weighted by Gasteiger charge is 2.30.